The summed E-state index contributed by atoms with van der Waals surface area (Å²) in [5.74, 6) is 2.75. The van der Waals surface area contributed by atoms with Gasteiger partial charge in [0.1, 0.15) is 16.9 Å². The Balaban J connectivity index is 0.000000321. The minimum atomic E-state index is -6.09. The number of hydrogen-bond acceptors (Lipinski definition) is 3. The normalized spacial score (nSPS) is 14.8. The average molecular weight is 445 g/mol. The Labute approximate surface area is 172 Å². The van der Waals surface area contributed by atoms with Crippen LogP contribution < -0.4 is 0 Å². The maximum Gasteiger partial charge on any atom is 0.485 e. The molecule has 158 valence electrons. The molecule has 0 N–H and O–H groups in total. The van der Waals surface area contributed by atoms with Gasteiger partial charge in [-0.05, 0) is 37.8 Å². The zero-order valence-corrected chi connectivity index (χ0v) is 17.8. The lowest BCUT2D eigenvalue weighted by atomic mass is 9.98. The molecule has 8 heteroatoms. The minimum absolute atomic E-state index is 0.469. The van der Waals surface area contributed by atoms with Crippen molar-refractivity contribution in [2.75, 3.05) is 11.5 Å². The maximum absolute atomic E-state index is 10.7. The third kappa shape index (κ3) is 7.21. The van der Waals surface area contributed by atoms with Gasteiger partial charge in [0, 0.05) is 16.5 Å². The predicted molar refractivity (Wildman–Crippen MR) is 112 cm³/mol. The third-order valence-corrected chi connectivity index (χ3v) is 7.12. The average Bonchev–Trinajstić information content (AvgIpc) is 3.14. The number of alkyl halides is 3. The van der Waals surface area contributed by atoms with E-state index in [9.17, 15) is 13.2 Å². The Morgan fingerprint density at radius 3 is 1.55 bits per heavy atom. The van der Waals surface area contributed by atoms with E-state index in [1.165, 1.54) is 52.2 Å². The molecule has 0 atom stereocenters. The van der Waals surface area contributed by atoms with E-state index in [1.54, 1.807) is 0 Å². The summed E-state index contributed by atoms with van der Waals surface area (Å²) in [5, 5.41) is 2.54. The fourth-order valence-electron chi connectivity index (χ4n) is 2.73. The van der Waals surface area contributed by atoms with Crippen LogP contribution in [0.1, 0.15) is 35.1 Å². The van der Waals surface area contributed by atoms with Crippen LogP contribution >= 0.6 is 0 Å². The van der Waals surface area contributed by atoms with Crippen molar-refractivity contribution in [3.63, 3.8) is 0 Å². The Hall–Kier alpha value is -1.77. The van der Waals surface area contributed by atoms with Gasteiger partial charge >= 0.3 is 5.51 Å². The molecule has 3 nitrogen and oxygen atoms in total. The number of aryl methyl sites for hydroxylation is 2. The lowest BCUT2D eigenvalue weighted by Crippen LogP contribution is -2.21. The summed E-state index contributed by atoms with van der Waals surface area (Å²) in [6.45, 7) is 4.30. The Morgan fingerprint density at radius 1 is 0.897 bits per heavy atom. The van der Waals surface area contributed by atoms with Crippen LogP contribution in [0.5, 0.6) is 0 Å². The van der Waals surface area contributed by atoms with Gasteiger partial charge < -0.3 is 4.55 Å². The Kier molecular flexibility index (Phi) is 7.96. The van der Waals surface area contributed by atoms with Gasteiger partial charge in [0.2, 0.25) is 0 Å². The Morgan fingerprint density at radius 2 is 1.24 bits per heavy atom. The van der Waals surface area contributed by atoms with Gasteiger partial charge in [0.05, 0.1) is 0 Å². The SMILES string of the molecule is Cc1ccc(C(=C[S+]2CCCC2)c2ccc(C)cc2)cc1.O=S(=O)([O-])C(F)(F)F. The summed E-state index contributed by atoms with van der Waals surface area (Å²) < 4.78 is 58.9. The quantitative estimate of drug-likeness (QED) is 0.373. The van der Waals surface area contributed by atoms with Crippen molar-refractivity contribution < 1.29 is 26.1 Å². The number of hydrogen-bond donors (Lipinski definition) is 0. The van der Waals surface area contributed by atoms with Crippen LogP contribution in [0.4, 0.5) is 13.2 Å². The topological polar surface area (TPSA) is 57.2 Å². The number of rotatable bonds is 3. The van der Waals surface area contributed by atoms with E-state index in [-0.39, 0.29) is 0 Å². The highest BCUT2D eigenvalue weighted by Gasteiger charge is 2.36. The summed E-state index contributed by atoms with van der Waals surface area (Å²) in [6.07, 6.45) is 2.80. The van der Waals surface area contributed by atoms with Crippen LogP contribution in [0.2, 0.25) is 0 Å². The van der Waals surface area contributed by atoms with Crippen molar-refractivity contribution in [3.05, 3.63) is 76.2 Å². The molecule has 29 heavy (non-hydrogen) atoms. The van der Waals surface area contributed by atoms with E-state index in [0.717, 1.165) is 0 Å². The first-order valence-electron chi connectivity index (χ1n) is 9.02. The molecule has 2 aromatic rings. The molecule has 2 aromatic carbocycles. The first-order chi connectivity index (χ1) is 13.5. The van der Waals surface area contributed by atoms with E-state index in [1.807, 2.05) is 0 Å². The summed E-state index contributed by atoms with van der Waals surface area (Å²) >= 11 is 0. The second-order valence-corrected chi connectivity index (χ2v) is 10.3. The number of benzene rings is 2. The molecule has 1 heterocycles. The zero-order valence-electron chi connectivity index (χ0n) is 16.2. The fraction of sp³-hybridized carbons (Fsp3) is 0.333. The third-order valence-electron chi connectivity index (χ3n) is 4.36. The van der Waals surface area contributed by atoms with Crippen molar-refractivity contribution in [2.45, 2.75) is 32.2 Å². The highest BCUT2D eigenvalue weighted by Crippen LogP contribution is 2.28. The molecule has 0 spiro atoms. The van der Waals surface area contributed by atoms with Crippen LogP contribution in [0.3, 0.4) is 0 Å². The molecule has 1 aliphatic rings. The van der Waals surface area contributed by atoms with Crippen LogP contribution in [-0.2, 0) is 21.0 Å². The van der Waals surface area contributed by atoms with Gasteiger partial charge in [0.25, 0.3) is 0 Å². The monoisotopic (exact) mass is 444 g/mol. The van der Waals surface area contributed by atoms with Gasteiger partial charge in [-0.3, -0.25) is 0 Å². The molecule has 0 amide bonds. The van der Waals surface area contributed by atoms with Crippen molar-refractivity contribution >= 4 is 26.6 Å². The van der Waals surface area contributed by atoms with E-state index in [0.29, 0.717) is 10.9 Å². The fourth-order valence-corrected chi connectivity index (χ4v) is 4.93. The molecule has 0 bridgehead atoms. The second kappa shape index (κ2) is 9.82. The minimum Gasteiger partial charge on any atom is -0.741 e. The standard InChI is InChI=1S/C20H23S.CHF3O3S/c1-16-5-9-18(10-6-16)20(15-21-13-3-4-14-21)19-11-7-17(2)8-12-19;2-1(3,4)8(5,6)7/h5-12,15H,3-4,13-14H2,1-2H3;(H,5,6,7)/q+1;/p-1. The smallest absolute Gasteiger partial charge is 0.485 e. The Bertz CT molecular complexity index is 879. The van der Waals surface area contributed by atoms with Gasteiger partial charge in [-0.15, -0.1) is 0 Å². The lowest BCUT2D eigenvalue weighted by molar-refractivity contribution is -0.0517. The first-order valence-corrected chi connectivity index (χ1v) is 12.0. The van der Waals surface area contributed by atoms with Crippen LogP contribution in [-0.4, -0.2) is 30.0 Å². The molecule has 1 saturated heterocycles. The molecular weight excluding hydrogens is 421 g/mol. The molecular formula is C21H23F3O3S2. The second-order valence-electron chi connectivity index (χ2n) is 6.82. The summed E-state index contributed by atoms with van der Waals surface area (Å²) in [5.41, 5.74) is 1.12. The molecule has 0 radical (unpaired) electrons. The highest BCUT2D eigenvalue weighted by molar-refractivity contribution is 8.00. The van der Waals surface area contributed by atoms with Crippen LogP contribution in [0.15, 0.2) is 53.9 Å². The van der Waals surface area contributed by atoms with E-state index in [4.69, 9.17) is 13.0 Å². The van der Waals surface area contributed by atoms with Crippen molar-refractivity contribution in [2.24, 2.45) is 0 Å². The summed E-state index contributed by atoms with van der Waals surface area (Å²) in [6, 6.07) is 17.9. The zero-order chi connectivity index (χ0) is 21.7. The largest absolute Gasteiger partial charge is 0.741 e. The molecule has 1 aliphatic heterocycles. The van der Waals surface area contributed by atoms with Crippen molar-refractivity contribution in [1.29, 1.82) is 0 Å². The summed E-state index contributed by atoms with van der Waals surface area (Å²) in [7, 11) is -5.62. The van der Waals surface area contributed by atoms with Gasteiger partial charge in [-0.2, -0.15) is 13.2 Å². The maximum atomic E-state index is 10.7. The molecule has 1 fully saturated rings. The van der Waals surface area contributed by atoms with E-state index < -0.39 is 15.6 Å². The van der Waals surface area contributed by atoms with Crippen LogP contribution in [0, 0.1) is 13.8 Å². The lowest BCUT2D eigenvalue weighted by Gasteiger charge is -2.09. The van der Waals surface area contributed by atoms with Crippen molar-refractivity contribution in [1.82, 2.24) is 0 Å². The molecule has 0 unspecified atom stereocenters. The number of halogens is 3. The van der Waals surface area contributed by atoms with Gasteiger partial charge in [0.15, 0.2) is 10.1 Å². The molecule has 0 aliphatic carbocycles. The van der Waals surface area contributed by atoms with E-state index >= 15 is 0 Å². The molecule has 3 rings (SSSR count). The highest BCUT2D eigenvalue weighted by atomic mass is 32.2. The summed E-state index contributed by atoms with van der Waals surface area (Å²) in [4.78, 5) is 0. The predicted octanol–water partition coefficient (Wildman–Crippen LogP) is 5.16. The van der Waals surface area contributed by atoms with Gasteiger partial charge in [-0.1, -0.05) is 59.7 Å². The van der Waals surface area contributed by atoms with Crippen LogP contribution in [0.25, 0.3) is 5.57 Å². The first kappa shape index (κ1) is 23.5. The van der Waals surface area contributed by atoms with E-state index in [2.05, 4.69) is 67.8 Å². The molecule has 0 aromatic heterocycles. The van der Waals surface area contributed by atoms with Crippen molar-refractivity contribution in [3.8, 4) is 0 Å². The molecule has 0 saturated carbocycles. The van der Waals surface area contributed by atoms with Gasteiger partial charge in [-0.25, -0.2) is 8.42 Å².